The topological polar surface area (TPSA) is 75.7 Å². The molecule has 0 radical (unpaired) electrons. The number of nitrogens with zero attached hydrogens (tertiary/aromatic N) is 1. The minimum absolute atomic E-state index is 0.0652. The minimum atomic E-state index is -2.97. The lowest BCUT2D eigenvalue weighted by molar-refractivity contribution is -0.133. The minimum Gasteiger partial charge on any atom is -0.384 e. The normalized spacial score (nSPS) is 27.4. The van der Waals surface area contributed by atoms with Crippen LogP contribution in [0.3, 0.4) is 0 Å². The van der Waals surface area contributed by atoms with E-state index in [2.05, 4.69) is 5.32 Å². The summed E-state index contributed by atoms with van der Waals surface area (Å²) >= 11 is 0. The molecule has 7 heteroatoms. The van der Waals surface area contributed by atoms with Crippen molar-refractivity contribution in [1.82, 2.24) is 10.2 Å². The molecule has 20 heavy (non-hydrogen) atoms. The van der Waals surface area contributed by atoms with Gasteiger partial charge in [0.05, 0.1) is 11.5 Å². The number of sulfone groups is 1. The molecule has 1 N–H and O–H groups in total. The maximum absolute atomic E-state index is 12.2. The van der Waals surface area contributed by atoms with E-state index in [1.165, 1.54) is 0 Å². The molecule has 2 rings (SSSR count). The monoisotopic (exact) mass is 304 g/mol. The van der Waals surface area contributed by atoms with E-state index < -0.39 is 9.84 Å². The molecular formula is C13H24N2O4S. The standard InChI is InChI=1S/C13H24N2O4S/c1-19-9-11-2-5-15(6-3-11)13(16)8-12-10-20(17,18)7-4-14-12/h11-12,14H,2-10H2,1H3. The molecule has 2 saturated heterocycles. The Morgan fingerprint density at radius 1 is 1.35 bits per heavy atom. The average molecular weight is 304 g/mol. The highest BCUT2D eigenvalue weighted by Crippen LogP contribution is 2.18. The first-order valence-electron chi connectivity index (χ1n) is 7.20. The molecule has 0 spiro atoms. The number of likely N-dealkylation sites (tertiary alicyclic amines) is 1. The molecule has 0 bridgehead atoms. The lowest BCUT2D eigenvalue weighted by Crippen LogP contribution is -2.49. The molecule has 2 fully saturated rings. The van der Waals surface area contributed by atoms with Crippen molar-refractivity contribution in [3.8, 4) is 0 Å². The Balaban J connectivity index is 1.78. The van der Waals surface area contributed by atoms with Gasteiger partial charge in [-0.3, -0.25) is 4.79 Å². The molecule has 2 aliphatic rings. The van der Waals surface area contributed by atoms with Crippen LogP contribution in [0.4, 0.5) is 0 Å². The summed E-state index contributed by atoms with van der Waals surface area (Å²) in [6.07, 6.45) is 2.22. The van der Waals surface area contributed by atoms with E-state index in [4.69, 9.17) is 4.74 Å². The third-order valence-electron chi connectivity index (χ3n) is 4.09. The quantitative estimate of drug-likeness (QED) is 0.768. The van der Waals surface area contributed by atoms with Crippen LogP contribution in [0.25, 0.3) is 0 Å². The summed E-state index contributed by atoms with van der Waals surface area (Å²) in [5, 5.41) is 3.13. The predicted octanol–water partition coefficient (Wildman–Crippen LogP) is -0.352. The molecule has 0 aromatic rings. The molecule has 1 unspecified atom stereocenters. The van der Waals surface area contributed by atoms with Gasteiger partial charge in [-0.25, -0.2) is 8.42 Å². The number of methoxy groups -OCH3 is 1. The molecule has 116 valence electrons. The summed E-state index contributed by atoms with van der Waals surface area (Å²) in [4.78, 5) is 14.1. The van der Waals surface area contributed by atoms with Gasteiger partial charge in [0.2, 0.25) is 5.91 Å². The molecule has 0 aromatic carbocycles. The number of nitrogens with one attached hydrogen (secondary N) is 1. The molecule has 1 atom stereocenters. The van der Waals surface area contributed by atoms with Crippen molar-refractivity contribution in [3.63, 3.8) is 0 Å². The molecule has 0 aromatic heterocycles. The van der Waals surface area contributed by atoms with Crippen molar-refractivity contribution in [2.45, 2.75) is 25.3 Å². The van der Waals surface area contributed by atoms with Gasteiger partial charge in [0.25, 0.3) is 0 Å². The highest BCUT2D eigenvalue weighted by molar-refractivity contribution is 7.91. The molecule has 2 heterocycles. The Hall–Kier alpha value is -0.660. The van der Waals surface area contributed by atoms with E-state index in [1.54, 1.807) is 7.11 Å². The van der Waals surface area contributed by atoms with Crippen LogP contribution in [0.2, 0.25) is 0 Å². The second-order valence-corrected chi connectivity index (χ2v) is 7.98. The Kier molecular flexibility index (Phi) is 5.40. The van der Waals surface area contributed by atoms with E-state index in [1.807, 2.05) is 4.90 Å². The smallest absolute Gasteiger partial charge is 0.224 e. The summed E-state index contributed by atoms with van der Waals surface area (Å²) in [5.41, 5.74) is 0. The molecule has 0 aliphatic carbocycles. The van der Waals surface area contributed by atoms with Crippen molar-refractivity contribution in [1.29, 1.82) is 0 Å². The summed E-state index contributed by atoms with van der Waals surface area (Å²) in [7, 11) is -1.27. The van der Waals surface area contributed by atoms with Crippen molar-refractivity contribution < 1.29 is 17.9 Å². The highest BCUT2D eigenvalue weighted by Gasteiger charge is 2.29. The third kappa shape index (κ3) is 4.43. The van der Waals surface area contributed by atoms with Crippen LogP contribution in [0.15, 0.2) is 0 Å². The fourth-order valence-corrected chi connectivity index (χ4v) is 4.37. The van der Waals surface area contributed by atoms with E-state index in [9.17, 15) is 13.2 Å². The van der Waals surface area contributed by atoms with Gasteiger partial charge in [-0.15, -0.1) is 0 Å². The van der Waals surface area contributed by atoms with Gasteiger partial charge in [-0.2, -0.15) is 0 Å². The highest BCUT2D eigenvalue weighted by atomic mass is 32.2. The fourth-order valence-electron chi connectivity index (χ4n) is 2.92. The molecule has 6 nitrogen and oxygen atoms in total. The summed E-state index contributed by atoms with van der Waals surface area (Å²) in [5.74, 6) is 0.867. The first-order valence-corrected chi connectivity index (χ1v) is 9.03. The Bertz CT molecular complexity index is 430. The van der Waals surface area contributed by atoms with Crippen LogP contribution in [0, 0.1) is 5.92 Å². The van der Waals surface area contributed by atoms with Crippen molar-refractivity contribution in [2.24, 2.45) is 5.92 Å². The SMILES string of the molecule is COCC1CCN(C(=O)CC2CS(=O)(=O)CCN2)CC1. The van der Waals surface area contributed by atoms with Gasteiger partial charge in [0, 0.05) is 45.8 Å². The maximum Gasteiger partial charge on any atom is 0.224 e. The number of amides is 1. The van der Waals surface area contributed by atoms with Gasteiger partial charge in [-0.05, 0) is 18.8 Å². The lowest BCUT2D eigenvalue weighted by atomic mass is 9.97. The predicted molar refractivity (Wildman–Crippen MR) is 76.2 cm³/mol. The van der Waals surface area contributed by atoms with E-state index in [-0.39, 0.29) is 29.9 Å². The van der Waals surface area contributed by atoms with E-state index in [0.29, 0.717) is 12.5 Å². The number of carbonyl (C=O) groups is 1. The lowest BCUT2D eigenvalue weighted by Gasteiger charge is -2.33. The average Bonchev–Trinajstić information content (AvgIpc) is 2.38. The number of carbonyl (C=O) groups excluding carboxylic acids is 1. The number of hydrogen-bond donors (Lipinski definition) is 1. The summed E-state index contributed by atoms with van der Waals surface area (Å²) in [6.45, 7) is 2.72. The third-order valence-corrected chi connectivity index (χ3v) is 5.83. The van der Waals surface area contributed by atoms with Crippen molar-refractivity contribution >= 4 is 15.7 Å². The zero-order valence-electron chi connectivity index (χ0n) is 12.0. The number of ether oxygens (including phenoxy) is 1. The molecule has 0 saturated carbocycles. The maximum atomic E-state index is 12.2. The van der Waals surface area contributed by atoms with Crippen LogP contribution in [0.5, 0.6) is 0 Å². The second-order valence-electron chi connectivity index (χ2n) is 5.75. The van der Waals surface area contributed by atoms with E-state index >= 15 is 0 Å². The van der Waals surface area contributed by atoms with Crippen molar-refractivity contribution in [3.05, 3.63) is 0 Å². The van der Waals surface area contributed by atoms with Crippen LogP contribution in [0.1, 0.15) is 19.3 Å². The first-order chi connectivity index (χ1) is 9.50. The van der Waals surface area contributed by atoms with Crippen LogP contribution in [-0.2, 0) is 19.4 Å². The van der Waals surface area contributed by atoms with Crippen LogP contribution >= 0.6 is 0 Å². The number of hydrogen-bond acceptors (Lipinski definition) is 5. The number of piperidine rings is 1. The summed E-state index contributed by atoms with van der Waals surface area (Å²) < 4.78 is 28.3. The zero-order valence-corrected chi connectivity index (χ0v) is 12.8. The van der Waals surface area contributed by atoms with E-state index in [0.717, 1.165) is 32.5 Å². The Morgan fingerprint density at radius 2 is 2.05 bits per heavy atom. The molecule has 2 aliphatic heterocycles. The van der Waals surface area contributed by atoms with Gasteiger partial charge < -0.3 is 15.0 Å². The fraction of sp³-hybridized carbons (Fsp3) is 0.923. The van der Waals surface area contributed by atoms with Gasteiger partial charge in [0.15, 0.2) is 9.84 Å². The zero-order chi connectivity index (χ0) is 14.6. The Morgan fingerprint density at radius 3 is 2.65 bits per heavy atom. The number of rotatable bonds is 4. The van der Waals surface area contributed by atoms with Gasteiger partial charge >= 0.3 is 0 Å². The second kappa shape index (κ2) is 6.87. The van der Waals surface area contributed by atoms with Crippen LogP contribution < -0.4 is 5.32 Å². The summed E-state index contributed by atoms with van der Waals surface area (Å²) in [6, 6.07) is -0.224. The van der Waals surface area contributed by atoms with Crippen molar-refractivity contribution in [2.75, 3.05) is 44.9 Å². The van der Waals surface area contributed by atoms with Crippen LogP contribution in [-0.4, -0.2) is 70.1 Å². The van der Waals surface area contributed by atoms with Gasteiger partial charge in [-0.1, -0.05) is 0 Å². The first kappa shape index (κ1) is 15.7. The molecule has 1 amide bonds. The molecular weight excluding hydrogens is 280 g/mol. The Labute approximate surface area is 120 Å². The largest absolute Gasteiger partial charge is 0.384 e. The van der Waals surface area contributed by atoms with Gasteiger partial charge in [0.1, 0.15) is 0 Å².